The summed E-state index contributed by atoms with van der Waals surface area (Å²) in [4.78, 5) is 35.3. The molecule has 2 aromatic rings. The van der Waals surface area contributed by atoms with Gasteiger partial charge in [-0.1, -0.05) is 13.0 Å². The summed E-state index contributed by atoms with van der Waals surface area (Å²) in [5.41, 5.74) is 1.25. The van der Waals surface area contributed by atoms with Crippen LogP contribution in [0.1, 0.15) is 48.5 Å². The van der Waals surface area contributed by atoms with Crippen molar-refractivity contribution in [2.24, 2.45) is 0 Å². The molecule has 1 aliphatic heterocycles. The van der Waals surface area contributed by atoms with E-state index in [-0.39, 0.29) is 18.0 Å². The van der Waals surface area contributed by atoms with Crippen molar-refractivity contribution in [2.75, 3.05) is 34.2 Å². The van der Waals surface area contributed by atoms with Gasteiger partial charge < -0.3 is 19.1 Å². The quantitative estimate of drug-likeness (QED) is 0.845. The number of fused-ring (bicyclic) bond motifs is 1. The van der Waals surface area contributed by atoms with Crippen LogP contribution in [-0.2, 0) is 0 Å². The van der Waals surface area contributed by atoms with E-state index in [4.69, 9.17) is 4.98 Å². The summed E-state index contributed by atoms with van der Waals surface area (Å²) in [6, 6.07) is 5.62. The van der Waals surface area contributed by atoms with Crippen molar-refractivity contribution >= 4 is 17.5 Å². The number of amides is 3. The number of carbonyl (C=O) groups is 2. The average molecular weight is 357 g/mol. The highest BCUT2D eigenvalue weighted by atomic mass is 16.2. The maximum absolute atomic E-state index is 12.9. The maximum atomic E-state index is 12.9. The Morgan fingerprint density at radius 1 is 1.27 bits per heavy atom. The molecule has 0 saturated carbocycles. The maximum Gasteiger partial charge on any atom is 0.320 e. The Labute approximate surface area is 154 Å². The molecule has 7 heteroatoms. The first-order valence-electron chi connectivity index (χ1n) is 9.16. The zero-order chi connectivity index (χ0) is 18.8. The van der Waals surface area contributed by atoms with E-state index < -0.39 is 0 Å². The number of hydrogen-bond acceptors (Lipinski definition) is 3. The molecular weight excluding hydrogens is 330 g/mol. The van der Waals surface area contributed by atoms with Gasteiger partial charge in [0.15, 0.2) is 5.69 Å². The van der Waals surface area contributed by atoms with Crippen molar-refractivity contribution in [1.29, 1.82) is 0 Å². The molecule has 140 valence electrons. The summed E-state index contributed by atoms with van der Waals surface area (Å²) in [5, 5.41) is 0. The van der Waals surface area contributed by atoms with Gasteiger partial charge in [-0.2, -0.15) is 0 Å². The van der Waals surface area contributed by atoms with Gasteiger partial charge in [-0.15, -0.1) is 0 Å². The van der Waals surface area contributed by atoms with Gasteiger partial charge >= 0.3 is 6.03 Å². The van der Waals surface area contributed by atoms with E-state index in [1.807, 2.05) is 40.6 Å². The topological polar surface area (TPSA) is 61.2 Å². The van der Waals surface area contributed by atoms with Gasteiger partial charge in [0.25, 0.3) is 5.91 Å². The molecule has 3 amide bonds. The van der Waals surface area contributed by atoms with Crippen molar-refractivity contribution in [3.05, 3.63) is 35.9 Å². The Kier molecular flexibility index (Phi) is 5.15. The van der Waals surface area contributed by atoms with E-state index in [2.05, 4.69) is 0 Å². The Hall–Kier alpha value is -2.57. The standard InChI is InChI=1S/C19H27N5O2/c1-5-11-22(4)18(25)16-14-9-6-7-12-23(14)17(20-16)15-10-8-13-24(15)19(26)21(2)3/h6-7,9,12,15H,5,8,10-11,13H2,1-4H3. The first-order valence-corrected chi connectivity index (χ1v) is 9.16. The van der Waals surface area contributed by atoms with Crippen molar-refractivity contribution in [2.45, 2.75) is 32.2 Å². The lowest BCUT2D eigenvalue weighted by atomic mass is 10.2. The van der Waals surface area contributed by atoms with Gasteiger partial charge in [0, 0.05) is 40.4 Å². The van der Waals surface area contributed by atoms with Gasteiger partial charge in [0.2, 0.25) is 0 Å². The number of pyridine rings is 1. The zero-order valence-electron chi connectivity index (χ0n) is 16.0. The highest BCUT2D eigenvalue weighted by Crippen LogP contribution is 2.33. The molecule has 1 atom stereocenters. The summed E-state index contributed by atoms with van der Waals surface area (Å²) in [6.07, 6.45) is 4.61. The third-order valence-electron chi connectivity index (χ3n) is 4.86. The van der Waals surface area contributed by atoms with E-state index in [0.29, 0.717) is 18.8 Å². The number of aromatic nitrogens is 2. The Morgan fingerprint density at radius 2 is 2.04 bits per heavy atom. The predicted octanol–water partition coefficient (Wildman–Crippen LogP) is 2.63. The fourth-order valence-corrected chi connectivity index (χ4v) is 3.59. The van der Waals surface area contributed by atoms with Gasteiger partial charge in [0.05, 0.1) is 11.6 Å². The Bertz CT molecular complexity index is 813. The smallest absolute Gasteiger partial charge is 0.320 e. The molecule has 0 spiro atoms. The number of likely N-dealkylation sites (tertiary alicyclic amines) is 1. The second kappa shape index (κ2) is 7.35. The Morgan fingerprint density at radius 3 is 2.73 bits per heavy atom. The molecule has 26 heavy (non-hydrogen) atoms. The minimum atomic E-state index is -0.113. The summed E-state index contributed by atoms with van der Waals surface area (Å²) in [7, 11) is 5.32. The molecule has 1 saturated heterocycles. The van der Waals surface area contributed by atoms with E-state index in [0.717, 1.165) is 30.6 Å². The van der Waals surface area contributed by atoms with Crippen LogP contribution in [0.3, 0.4) is 0 Å². The SMILES string of the molecule is CCCN(C)C(=O)c1nc(C2CCCN2C(=O)N(C)C)n2ccccc12. The fourth-order valence-electron chi connectivity index (χ4n) is 3.59. The second-order valence-electron chi connectivity index (χ2n) is 7.03. The third-order valence-corrected chi connectivity index (χ3v) is 4.86. The molecule has 0 aromatic carbocycles. The van der Waals surface area contributed by atoms with E-state index in [1.165, 1.54) is 0 Å². The summed E-state index contributed by atoms with van der Waals surface area (Å²) < 4.78 is 1.96. The largest absolute Gasteiger partial charge is 0.340 e. The number of nitrogens with zero attached hydrogens (tertiary/aromatic N) is 5. The van der Waals surface area contributed by atoms with E-state index in [1.54, 1.807) is 30.9 Å². The average Bonchev–Trinajstić information content (AvgIpc) is 3.25. The summed E-state index contributed by atoms with van der Waals surface area (Å²) in [6.45, 7) is 3.45. The van der Waals surface area contributed by atoms with Crippen LogP contribution in [0.5, 0.6) is 0 Å². The predicted molar refractivity (Wildman–Crippen MR) is 100 cm³/mol. The number of carbonyl (C=O) groups excluding carboxylic acids is 2. The first-order chi connectivity index (χ1) is 12.5. The molecule has 7 nitrogen and oxygen atoms in total. The lowest BCUT2D eigenvalue weighted by molar-refractivity contribution is 0.0791. The number of urea groups is 1. The van der Waals surface area contributed by atoms with Crippen molar-refractivity contribution < 1.29 is 9.59 Å². The number of hydrogen-bond donors (Lipinski definition) is 0. The summed E-state index contributed by atoms with van der Waals surface area (Å²) >= 11 is 0. The molecule has 0 radical (unpaired) electrons. The van der Waals surface area contributed by atoms with Crippen LogP contribution < -0.4 is 0 Å². The molecule has 1 unspecified atom stereocenters. The molecule has 2 aromatic heterocycles. The third kappa shape index (κ3) is 3.13. The van der Waals surface area contributed by atoms with Crippen molar-refractivity contribution in [1.82, 2.24) is 24.1 Å². The van der Waals surface area contributed by atoms with Crippen LogP contribution in [0.4, 0.5) is 4.79 Å². The molecule has 0 bridgehead atoms. The van der Waals surface area contributed by atoms with Crippen molar-refractivity contribution in [3.63, 3.8) is 0 Å². The molecule has 1 aliphatic rings. The van der Waals surface area contributed by atoms with Crippen LogP contribution in [0.15, 0.2) is 24.4 Å². The minimum Gasteiger partial charge on any atom is -0.340 e. The first kappa shape index (κ1) is 18.2. The molecule has 1 fully saturated rings. The zero-order valence-corrected chi connectivity index (χ0v) is 16.0. The van der Waals surface area contributed by atoms with Gasteiger partial charge in [-0.3, -0.25) is 4.79 Å². The van der Waals surface area contributed by atoms with Gasteiger partial charge in [-0.05, 0) is 31.4 Å². The van der Waals surface area contributed by atoms with E-state index >= 15 is 0 Å². The minimum absolute atomic E-state index is 0.0174. The number of imidazole rings is 1. The highest BCUT2D eigenvalue weighted by Gasteiger charge is 2.35. The second-order valence-corrected chi connectivity index (χ2v) is 7.03. The highest BCUT2D eigenvalue weighted by molar-refractivity contribution is 5.99. The van der Waals surface area contributed by atoms with Crippen LogP contribution in [0.2, 0.25) is 0 Å². The van der Waals surface area contributed by atoms with Crippen molar-refractivity contribution in [3.8, 4) is 0 Å². The van der Waals surface area contributed by atoms with Crippen LogP contribution >= 0.6 is 0 Å². The fraction of sp³-hybridized carbons (Fsp3) is 0.526. The van der Waals surface area contributed by atoms with E-state index in [9.17, 15) is 9.59 Å². The van der Waals surface area contributed by atoms with Crippen LogP contribution in [0, 0.1) is 0 Å². The van der Waals surface area contributed by atoms with Crippen LogP contribution in [0.25, 0.3) is 5.52 Å². The van der Waals surface area contributed by atoms with Gasteiger partial charge in [-0.25, -0.2) is 9.78 Å². The summed E-state index contributed by atoms with van der Waals surface area (Å²) in [5.74, 6) is 0.687. The molecule has 3 heterocycles. The molecule has 3 rings (SSSR count). The molecule has 0 aliphatic carbocycles. The lowest BCUT2D eigenvalue weighted by Gasteiger charge is -2.27. The normalized spacial score (nSPS) is 16.9. The Balaban J connectivity index is 2.04. The monoisotopic (exact) mass is 357 g/mol. The molecular formula is C19H27N5O2. The molecule has 0 N–H and O–H groups in total. The van der Waals surface area contributed by atoms with Gasteiger partial charge in [0.1, 0.15) is 5.82 Å². The lowest BCUT2D eigenvalue weighted by Crippen LogP contribution is -2.39. The van der Waals surface area contributed by atoms with Crippen LogP contribution in [-0.4, -0.2) is 70.3 Å². The number of rotatable bonds is 4.